The Hall–Kier alpha value is -0.520. The van der Waals surface area contributed by atoms with Gasteiger partial charge in [0.05, 0.1) is 20.8 Å². The molecule has 2 nitrogen and oxygen atoms in total. The van der Waals surface area contributed by atoms with Gasteiger partial charge in [0, 0.05) is 10.2 Å². The van der Waals surface area contributed by atoms with Gasteiger partial charge >= 0.3 is 0 Å². The zero-order valence-electron chi connectivity index (χ0n) is 9.88. The third kappa shape index (κ3) is 3.99. The lowest BCUT2D eigenvalue weighted by Crippen LogP contribution is -2.19. The highest BCUT2D eigenvalue weighted by atomic mass is 79.9. The molecule has 0 atom stereocenters. The highest BCUT2D eigenvalue weighted by Crippen LogP contribution is 2.30. The molecule has 2 aromatic carbocycles. The van der Waals surface area contributed by atoms with Crippen molar-refractivity contribution in [2.75, 3.05) is 10.6 Å². The van der Waals surface area contributed by atoms with Gasteiger partial charge in [-0.15, -0.1) is 0 Å². The molecule has 0 spiro atoms. The fourth-order valence-electron chi connectivity index (χ4n) is 1.46. The summed E-state index contributed by atoms with van der Waals surface area (Å²) in [5.74, 6) is 0. The summed E-state index contributed by atoms with van der Waals surface area (Å²) < 4.78 is 0.821. The number of halogens is 4. The fourth-order valence-corrected chi connectivity index (χ4v) is 2.46. The number of rotatable bonds is 2. The molecule has 20 heavy (non-hydrogen) atoms. The van der Waals surface area contributed by atoms with E-state index in [4.69, 9.17) is 47.0 Å². The molecule has 0 bridgehead atoms. The molecular weight excluding hydrogens is 402 g/mol. The molecule has 0 aromatic heterocycles. The van der Waals surface area contributed by atoms with Crippen LogP contribution in [-0.2, 0) is 0 Å². The summed E-state index contributed by atoms with van der Waals surface area (Å²) in [7, 11) is 0. The molecule has 0 saturated carbocycles. The van der Waals surface area contributed by atoms with Crippen LogP contribution in [0.15, 0.2) is 40.9 Å². The highest BCUT2D eigenvalue weighted by Gasteiger charge is 2.06. The van der Waals surface area contributed by atoms with Gasteiger partial charge in [0.25, 0.3) is 0 Å². The molecule has 0 aliphatic carbocycles. The Labute approximate surface area is 145 Å². The molecule has 0 fully saturated rings. The average Bonchev–Trinajstić information content (AvgIpc) is 2.39. The molecule has 0 radical (unpaired) electrons. The predicted octanol–water partition coefficient (Wildman–Crippen LogP) is 6.22. The van der Waals surface area contributed by atoms with E-state index in [9.17, 15) is 0 Å². The molecule has 0 aliphatic heterocycles. The van der Waals surface area contributed by atoms with Crippen LogP contribution < -0.4 is 10.6 Å². The Morgan fingerprint density at radius 1 is 1.00 bits per heavy atom. The van der Waals surface area contributed by atoms with E-state index in [2.05, 4.69) is 26.6 Å². The van der Waals surface area contributed by atoms with Gasteiger partial charge in [-0.2, -0.15) is 0 Å². The Morgan fingerprint density at radius 2 is 1.75 bits per heavy atom. The van der Waals surface area contributed by atoms with Crippen LogP contribution >= 0.6 is 63.0 Å². The largest absolute Gasteiger partial charge is 0.332 e. The maximum Gasteiger partial charge on any atom is 0.175 e. The summed E-state index contributed by atoms with van der Waals surface area (Å²) in [4.78, 5) is 0. The number of anilines is 2. The van der Waals surface area contributed by atoms with E-state index in [1.165, 1.54) is 0 Å². The lowest BCUT2D eigenvalue weighted by atomic mass is 10.3. The fraction of sp³-hybridized carbons (Fsp3) is 0. The monoisotopic (exact) mass is 408 g/mol. The Kier molecular flexibility index (Phi) is 5.52. The Bertz CT molecular complexity index is 664. The van der Waals surface area contributed by atoms with E-state index in [1.54, 1.807) is 24.3 Å². The number of thiocarbonyl (C=S) groups is 1. The minimum absolute atomic E-state index is 0.396. The third-order valence-electron chi connectivity index (χ3n) is 2.38. The second-order valence-corrected chi connectivity index (χ2v) is 6.26. The molecule has 2 rings (SSSR count). The molecule has 2 aromatic rings. The lowest BCUT2D eigenvalue weighted by molar-refractivity contribution is 1.58. The SMILES string of the molecule is S=C(Nc1ccc(Br)c(Cl)c1)Nc1cccc(Cl)c1Cl. The zero-order valence-corrected chi connectivity index (χ0v) is 14.6. The van der Waals surface area contributed by atoms with E-state index >= 15 is 0 Å². The molecule has 0 unspecified atom stereocenters. The number of nitrogens with one attached hydrogen (secondary N) is 2. The first kappa shape index (κ1) is 15.9. The van der Waals surface area contributed by atoms with Gasteiger partial charge in [-0.25, -0.2) is 0 Å². The molecule has 0 heterocycles. The van der Waals surface area contributed by atoms with Crippen molar-refractivity contribution in [3.05, 3.63) is 55.9 Å². The smallest absolute Gasteiger partial charge is 0.175 e. The van der Waals surface area contributed by atoms with Crippen molar-refractivity contribution in [3.63, 3.8) is 0 Å². The summed E-state index contributed by atoms with van der Waals surface area (Å²) >= 11 is 26.6. The van der Waals surface area contributed by atoms with Crippen molar-refractivity contribution in [3.8, 4) is 0 Å². The normalized spacial score (nSPS) is 10.2. The molecule has 2 N–H and O–H groups in total. The zero-order chi connectivity index (χ0) is 14.7. The van der Waals surface area contributed by atoms with Crippen molar-refractivity contribution >= 4 is 79.4 Å². The van der Waals surface area contributed by atoms with Crippen LogP contribution in [0.1, 0.15) is 0 Å². The van der Waals surface area contributed by atoms with Crippen molar-refractivity contribution in [2.45, 2.75) is 0 Å². The second-order valence-electron chi connectivity index (χ2n) is 3.81. The maximum absolute atomic E-state index is 6.08. The predicted molar refractivity (Wildman–Crippen MR) is 95.5 cm³/mol. The Morgan fingerprint density at radius 3 is 2.45 bits per heavy atom. The molecule has 0 amide bonds. The van der Waals surface area contributed by atoms with E-state index < -0.39 is 0 Å². The van der Waals surface area contributed by atoms with Crippen LogP contribution in [0.2, 0.25) is 15.1 Å². The summed E-state index contributed by atoms with van der Waals surface area (Å²) in [5.41, 5.74) is 1.41. The number of hydrogen-bond acceptors (Lipinski definition) is 1. The quantitative estimate of drug-likeness (QED) is 0.575. The Balaban J connectivity index is 2.09. The minimum Gasteiger partial charge on any atom is -0.332 e. The van der Waals surface area contributed by atoms with Gasteiger partial charge in [-0.1, -0.05) is 40.9 Å². The van der Waals surface area contributed by atoms with Crippen LogP contribution in [0, 0.1) is 0 Å². The van der Waals surface area contributed by atoms with Crippen molar-refractivity contribution in [1.29, 1.82) is 0 Å². The van der Waals surface area contributed by atoms with Gasteiger partial charge in [-0.3, -0.25) is 0 Å². The van der Waals surface area contributed by atoms with Gasteiger partial charge in [0.15, 0.2) is 5.11 Å². The maximum atomic E-state index is 6.08. The van der Waals surface area contributed by atoms with Crippen LogP contribution in [0.5, 0.6) is 0 Å². The van der Waals surface area contributed by atoms with Crippen molar-refractivity contribution in [2.24, 2.45) is 0 Å². The highest BCUT2D eigenvalue weighted by molar-refractivity contribution is 9.10. The van der Waals surface area contributed by atoms with Crippen LogP contribution in [0.4, 0.5) is 11.4 Å². The van der Waals surface area contributed by atoms with Gasteiger partial charge in [0.2, 0.25) is 0 Å². The van der Waals surface area contributed by atoms with E-state index in [0.29, 0.717) is 25.9 Å². The van der Waals surface area contributed by atoms with Gasteiger partial charge in [-0.05, 0) is 58.5 Å². The van der Waals surface area contributed by atoms with E-state index in [-0.39, 0.29) is 0 Å². The molecule has 0 aliphatic rings. The number of hydrogen-bond donors (Lipinski definition) is 2. The van der Waals surface area contributed by atoms with Gasteiger partial charge < -0.3 is 10.6 Å². The molecule has 7 heteroatoms. The first-order chi connectivity index (χ1) is 9.47. The van der Waals surface area contributed by atoms with Crippen LogP contribution in [0.25, 0.3) is 0 Å². The second kappa shape index (κ2) is 6.96. The summed E-state index contributed by atoms with van der Waals surface area (Å²) in [6, 6.07) is 10.7. The minimum atomic E-state index is 0.396. The average molecular weight is 411 g/mol. The van der Waals surface area contributed by atoms with Crippen LogP contribution in [-0.4, -0.2) is 5.11 Å². The molecule has 0 saturated heterocycles. The summed E-state index contributed by atoms with van der Waals surface area (Å²) in [6.45, 7) is 0. The topological polar surface area (TPSA) is 24.1 Å². The van der Waals surface area contributed by atoms with Gasteiger partial charge in [0.1, 0.15) is 0 Å². The lowest BCUT2D eigenvalue weighted by Gasteiger charge is -2.12. The van der Waals surface area contributed by atoms with Crippen molar-refractivity contribution < 1.29 is 0 Å². The first-order valence-electron chi connectivity index (χ1n) is 5.44. The number of benzene rings is 2. The van der Waals surface area contributed by atoms with Crippen LogP contribution in [0.3, 0.4) is 0 Å². The standard InChI is InChI=1S/C13H8BrCl3N2S/c14-8-5-4-7(6-10(8)16)18-13(20)19-11-3-1-2-9(15)12(11)17/h1-6H,(H2,18,19,20). The molecular formula is C13H8BrCl3N2S. The summed E-state index contributed by atoms with van der Waals surface area (Å²) in [5, 5.41) is 7.88. The third-order valence-corrected chi connectivity index (χ3v) is 4.63. The van der Waals surface area contributed by atoms with E-state index in [1.807, 2.05) is 12.1 Å². The van der Waals surface area contributed by atoms with E-state index in [0.717, 1.165) is 10.2 Å². The van der Waals surface area contributed by atoms with Crippen molar-refractivity contribution in [1.82, 2.24) is 0 Å². The first-order valence-corrected chi connectivity index (χ1v) is 7.78. The molecule has 104 valence electrons. The summed E-state index contributed by atoms with van der Waals surface area (Å²) in [6.07, 6.45) is 0.